The summed E-state index contributed by atoms with van der Waals surface area (Å²) in [4.78, 5) is 0. The zero-order chi connectivity index (χ0) is 5.82. The minimum atomic E-state index is 0.988. The highest BCUT2D eigenvalue weighted by atomic mass is 32.2. The fourth-order valence-electron chi connectivity index (χ4n) is 1.06. The highest BCUT2D eigenvalue weighted by Crippen LogP contribution is 2.20. The quantitative estimate of drug-likeness (QED) is 0.485. The van der Waals surface area contributed by atoms with E-state index < -0.39 is 0 Å². The smallest absolute Gasteiger partial charge is 0.00418 e. The van der Waals surface area contributed by atoms with Gasteiger partial charge in [0.15, 0.2) is 0 Å². The maximum absolute atomic E-state index is 2.36. The van der Waals surface area contributed by atoms with Crippen LogP contribution in [0.3, 0.4) is 0 Å². The normalized spacial score (nSPS) is 31.9. The van der Waals surface area contributed by atoms with Gasteiger partial charge in [-0.3, -0.25) is 0 Å². The standard InChI is InChI=1S/C7H14S/c1-7-4-2-3-5-8-6-7/h7H,2-6H2,1H3/t7-/m0/s1. The van der Waals surface area contributed by atoms with Gasteiger partial charge in [-0.15, -0.1) is 0 Å². The molecular formula is C7H14S. The molecule has 0 N–H and O–H groups in total. The molecule has 0 aromatic heterocycles. The van der Waals surface area contributed by atoms with E-state index in [0.29, 0.717) is 0 Å². The molecule has 0 nitrogen and oxygen atoms in total. The summed E-state index contributed by atoms with van der Waals surface area (Å²) in [5.74, 6) is 3.80. The van der Waals surface area contributed by atoms with E-state index in [1.807, 2.05) is 0 Å². The predicted octanol–water partition coefficient (Wildman–Crippen LogP) is 2.54. The molecule has 1 saturated heterocycles. The molecule has 1 heteroatoms. The van der Waals surface area contributed by atoms with E-state index in [-0.39, 0.29) is 0 Å². The number of rotatable bonds is 0. The summed E-state index contributed by atoms with van der Waals surface area (Å²) in [6.07, 6.45) is 4.39. The van der Waals surface area contributed by atoms with Gasteiger partial charge in [-0.25, -0.2) is 0 Å². The second-order valence-corrected chi connectivity index (χ2v) is 3.83. The Morgan fingerprint density at radius 2 is 2.25 bits per heavy atom. The van der Waals surface area contributed by atoms with Crippen molar-refractivity contribution in [1.82, 2.24) is 0 Å². The molecule has 0 radical (unpaired) electrons. The van der Waals surface area contributed by atoms with Crippen LogP contribution in [-0.2, 0) is 0 Å². The fraction of sp³-hybridized carbons (Fsp3) is 1.00. The first-order valence-electron chi connectivity index (χ1n) is 3.47. The number of hydrogen-bond donors (Lipinski definition) is 0. The average molecular weight is 130 g/mol. The monoisotopic (exact) mass is 130 g/mol. The molecule has 1 aliphatic rings. The Bertz CT molecular complexity index is 53.4. The van der Waals surface area contributed by atoms with Gasteiger partial charge in [-0.2, -0.15) is 11.8 Å². The first-order chi connectivity index (χ1) is 3.89. The molecule has 8 heavy (non-hydrogen) atoms. The third kappa shape index (κ3) is 2.08. The van der Waals surface area contributed by atoms with E-state index in [1.54, 1.807) is 0 Å². The lowest BCUT2D eigenvalue weighted by atomic mass is 10.1. The summed E-state index contributed by atoms with van der Waals surface area (Å²) in [7, 11) is 0. The van der Waals surface area contributed by atoms with Gasteiger partial charge in [0, 0.05) is 0 Å². The minimum absolute atomic E-state index is 0.988. The fourth-order valence-corrected chi connectivity index (χ4v) is 2.21. The molecular weight excluding hydrogens is 116 g/mol. The summed E-state index contributed by atoms with van der Waals surface area (Å²) in [5.41, 5.74) is 0. The summed E-state index contributed by atoms with van der Waals surface area (Å²) in [6.45, 7) is 2.36. The van der Waals surface area contributed by atoms with Crippen molar-refractivity contribution in [2.75, 3.05) is 11.5 Å². The Hall–Kier alpha value is 0.350. The second kappa shape index (κ2) is 3.39. The van der Waals surface area contributed by atoms with Crippen LogP contribution in [-0.4, -0.2) is 11.5 Å². The van der Waals surface area contributed by atoms with Crippen LogP contribution in [0, 0.1) is 5.92 Å². The molecule has 1 fully saturated rings. The molecule has 0 spiro atoms. The highest BCUT2D eigenvalue weighted by molar-refractivity contribution is 7.99. The molecule has 0 aromatic rings. The van der Waals surface area contributed by atoms with E-state index in [1.165, 1.54) is 30.8 Å². The van der Waals surface area contributed by atoms with Gasteiger partial charge in [0.2, 0.25) is 0 Å². The number of thioether (sulfide) groups is 1. The van der Waals surface area contributed by atoms with Crippen LogP contribution in [0.5, 0.6) is 0 Å². The van der Waals surface area contributed by atoms with Crippen molar-refractivity contribution in [3.8, 4) is 0 Å². The zero-order valence-corrected chi connectivity index (χ0v) is 6.34. The van der Waals surface area contributed by atoms with Gasteiger partial charge < -0.3 is 0 Å². The Labute approximate surface area is 56.0 Å². The molecule has 0 unspecified atom stereocenters. The first-order valence-corrected chi connectivity index (χ1v) is 4.63. The SMILES string of the molecule is C[C@H]1CCCCSC1. The summed E-state index contributed by atoms with van der Waals surface area (Å²) < 4.78 is 0. The van der Waals surface area contributed by atoms with Gasteiger partial charge in [-0.1, -0.05) is 13.3 Å². The van der Waals surface area contributed by atoms with Crippen LogP contribution >= 0.6 is 11.8 Å². The maximum Gasteiger partial charge on any atom is -0.00418 e. The topological polar surface area (TPSA) is 0 Å². The molecule has 1 atom stereocenters. The van der Waals surface area contributed by atoms with Crippen LogP contribution in [0.15, 0.2) is 0 Å². The average Bonchev–Trinajstić information content (AvgIpc) is 1.94. The highest BCUT2D eigenvalue weighted by Gasteiger charge is 2.05. The van der Waals surface area contributed by atoms with E-state index in [9.17, 15) is 0 Å². The Morgan fingerprint density at radius 3 is 3.12 bits per heavy atom. The van der Waals surface area contributed by atoms with E-state index in [4.69, 9.17) is 0 Å². The molecule has 0 saturated carbocycles. The maximum atomic E-state index is 2.36. The van der Waals surface area contributed by atoms with Crippen molar-refractivity contribution >= 4 is 11.8 Å². The molecule has 1 heterocycles. The van der Waals surface area contributed by atoms with Crippen LogP contribution < -0.4 is 0 Å². The Balaban J connectivity index is 2.17. The van der Waals surface area contributed by atoms with Crippen molar-refractivity contribution in [3.05, 3.63) is 0 Å². The molecule has 0 bridgehead atoms. The lowest BCUT2D eigenvalue weighted by Gasteiger charge is -2.02. The van der Waals surface area contributed by atoms with Crippen molar-refractivity contribution < 1.29 is 0 Å². The Kier molecular flexibility index (Phi) is 2.74. The van der Waals surface area contributed by atoms with Crippen LogP contribution in [0.25, 0.3) is 0 Å². The van der Waals surface area contributed by atoms with Crippen LogP contribution in [0.2, 0.25) is 0 Å². The number of hydrogen-bond acceptors (Lipinski definition) is 1. The molecule has 1 aliphatic heterocycles. The van der Waals surface area contributed by atoms with Gasteiger partial charge in [-0.05, 0) is 30.3 Å². The van der Waals surface area contributed by atoms with Gasteiger partial charge in [0.1, 0.15) is 0 Å². The second-order valence-electron chi connectivity index (χ2n) is 2.68. The zero-order valence-electron chi connectivity index (χ0n) is 5.52. The summed E-state index contributed by atoms with van der Waals surface area (Å²) in [5, 5.41) is 0. The van der Waals surface area contributed by atoms with E-state index in [0.717, 1.165) is 5.92 Å². The van der Waals surface area contributed by atoms with Crippen molar-refractivity contribution in [1.29, 1.82) is 0 Å². The van der Waals surface area contributed by atoms with Crippen molar-refractivity contribution in [3.63, 3.8) is 0 Å². The molecule has 1 rings (SSSR count). The Morgan fingerprint density at radius 1 is 1.38 bits per heavy atom. The van der Waals surface area contributed by atoms with Gasteiger partial charge in [0.05, 0.1) is 0 Å². The van der Waals surface area contributed by atoms with Crippen molar-refractivity contribution in [2.24, 2.45) is 5.92 Å². The minimum Gasteiger partial charge on any atom is -0.162 e. The first kappa shape index (κ1) is 6.47. The van der Waals surface area contributed by atoms with Gasteiger partial charge in [0.25, 0.3) is 0 Å². The molecule has 48 valence electrons. The predicted molar refractivity (Wildman–Crippen MR) is 40.3 cm³/mol. The largest absolute Gasteiger partial charge is 0.162 e. The molecule has 0 aromatic carbocycles. The lowest BCUT2D eigenvalue weighted by molar-refractivity contribution is 0.570. The summed E-state index contributed by atoms with van der Waals surface area (Å²) in [6, 6.07) is 0. The van der Waals surface area contributed by atoms with Crippen molar-refractivity contribution in [2.45, 2.75) is 26.2 Å². The van der Waals surface area contributed by atoms with E-state index >= 15 is 0 Å². The third-order valence-electron chi connectivity index (χ3n) is 1.64. The third-order valence-corrected chi connectivity index (χ3v) is 3.02. The molecule has 0 aliphatic carbocycles. The van der Waals surface area contributed by atoms with Gasteiger partial charge >= 0.3 is 0 Å². The van der Waals surface area contributed by atoms with Crippen LogP contribution in [0.4, 0.5) is 0 Å². The van der Waals surface area contributed by atoms with Crippen LogP contribution in [0.1, 0.15) is 26.2 Å². The molecule has 0 amide bonds. The lowest BCUT2D eigenvalue weighted by Crippen LogP contribution is -1.93. The summed E-state index contributed by atoms with van der Waals surface area (Å²) >= 11 is 2.12. The van der Waals surface area contributed by atoms with E-state index in [2.05, 4.69) is 18.7 Å².